The van der Waals surface area contributed by atoms with Gasteiger partial charge in [0, 0.05) is 18.3 Å². The zero-order valence-electron chi connectivity index (χ0n) is 11.1. The topological polar surface area (TPSA) is 99.5 Å². The van der Waals surface area contributed by atoms with Crippen molar-refractivity contribution in [3.8, 4) is 5.75 Å². The van der Waals surface area contributed by atoms with Crippen LogP contribution in [0.2, 0.25) is 0 Å². The van der Waals surface area contributed by atoms with Crippen LogP contribution in [0.15, 0.2) is 42.6 Å². The van der Waals surface area contributed by atoms with Gasteiger partial charge in [0.15, 0.2) is 5.75 Å². The quantitative estimate of drug-likeness (QED) is 0.730. The number of rotatable bonds is 5. The van der Waals surface area contributed by atoms with E-state index in [-0.39, 0.29) is 23.6 Å². The van der Waals surface area contributed by atoms with Crippen LogP contribution >= 0.6 is 0 Å². The summed E-state index contributed by atoms with van der Waals surface area (Å²) in [6, 6.07) is 9.61. The average Bonchev–Trinajstić information content (AvgIpc) is 2.48. The fraction of sp³-hybridized carbons (Fsp3) is 0.133. The van der Waals surface area contributed by atoms with E-state index in [9.17, 15) is 14.7 Å². The Morgan fingerprint density at radius 2 is 1.95 bits per heavy atom. The standard InChI is InChI=1S/C15H14N2O4/c18-13(8-7-10-4-1-2-9-16-10)17-12-6-3-5-11(14(12)19)15(20)21/h1-6,9,19H,7-8H2,(H,17,18)(H,20,21). The largest absolute Gasteiger partial charge is 0.505 e. The molecule has 0 fully saturated rings. The van der Waals surface area contributed by atoms with Crippen molar-refractivity contribution in [2.24, 2.45) is 0 Å². The minimum atomic E-state index is -1.25. The van der Waals surface area contributed by atoms with E-state index >= 15 is 0 Å². The number of nitrogens with one attached hydrogen (secondary N) is 1. The zero-order chi connectivity index (χ0) is 15.2. The molecule has 0 spiro atoms. The van der Waals surface area contributed by atoms with Gasteiger partial charge in [-0.1, -0.05) is 12.1 Å². The first kappa shape index (κ1) is 14.5. The lowest BCUT2D eigenvalue weighted by atomic mass is 10.1. The fourth-order valence-corrected chi connectivity index (χ4v) is 1.82. The summed E-state index contributed by atoms with van der Waals surface area (Å²) in [6.07, 6.45) is 2.30. The van der Waals surface area contributed by atoms with Crippen molar-refractivity contribution in [3.63, 3.8) is 0 Å². The summed E-state index contributed by atoms with van der Waals surface area (Å²) < 4.78 is 0. The maximum Gasteiger partial charge on any atom is 0.339 e. The number of aromatic hydroxyl groups is 1. The van der Waals surface area contributed by atoms with Crippen molar-refractivity contribution in [3.05, 3.63) is 53.9 Å². The van der Waals surface area contributed by atoms with Crippen LogP contribution in [0.25, 0.3) is 0 Å². The Hall–Kier alpha value is -2.89. The van der Waals surface area contributed by atoms with Gasteiger partial charge in [0.05, 0.1) is 5.69 Å². The third-order valence-electron chi connectivity index (χ3n) is 2.87. The zero-order valence-corrected chi connectivity index (χ0v) is 11.1. The molecular formula is C15H14N2O4. The highest BCUT2D eigenvalue weighted by Gasteiger charge is 2.14. The van der Waals surface area contributed by atoms with Gasteiger partial charge in [-0.15, -0.1) is 0 Å². The molecule has 0 atom stereocenters. The maximum atomic E-state index is 11.8. The number of aryl methyl sites for hydroxylation is 1. The van der Waals surface area contributed by atoms with Crippen LogP contribution in [0.3, 0.4) is 0 Å². The number of aromatic nitrogens is 1. The van der Waals surface area contributed by atoms with Gasteiger partial charge in [-0.25, -0.2) is 4.79 Å². The van der Waals surface area contributed by atoms with E-state index in [1.807, 2.05) is 12.1 Å². The van der Waals surface area contributed by atoms with Crippen molar-refractivity contribution < 1.29 is 19.8 Å². The number of carboxylic acid groups (broad SMARTS) is 1. The molecule has 3 N–H and O–H groups in total. The number of hydrogen-bond donors (Lipinski definition) is 3. The number of carbonyl (C=O) groups is 2. The van der Waals surface area contributed by atoms with Gasteiger partial charge in [0.25, 0.3) is 0 Å². The lowest BCUT2D eigenvalue weighted by Gasteiger charge is -2.09. The number of carbonyl (C=O) groups excluding carboxylic acids is 1. The summed E-state index contributed by atoms with van der Waals surface area (Å²) in [4.78, 5) is 26.8. The Morgan fingerprint density at radius 1 is 1.14 bits per heavy atom. The van der Waals surface area contributed by atoms with Crippen molar-refractivity contribution in [2.75, 3.05) is 5.32 Å². The third-order valence-corrected chi connectivity index (χ3v) is 2.87. The van der Waals surface area contributed by atoms with E-state index in [1.54, 1.807) is 12.3 Å². The van der Waals surface area contributed by atoms with Crippen LogP contribution in [0.4, 0.5) is 5.69 Å². The van der Waals surface area contributed by atoms with E-state index in [2.05, 4.69) is 10.3 Å². The normalized spacial score (nSPS) is 10.1. The van der Waals surface area contributed by atoms with Gasteiger partial charge in [-0.3, -0.25) is 9.78 Å². The van der Waals surface area contributed by atoms with Crippen LogP contribution < -0.4 is 5.32 Å². The fourth-order valence-electron chi connectivity index (χ4n) is 1.82. The number of benzene rings is 1. The average molecular weight is 286 g/mol. The molecule has 1 aromatic heterocycles. The summed E-state index contributed by atoms with van der Waals surface area (Å²) in [6.45, 7) is 0. The van der Waals surface area contributed by atoms with Gasteiger partial charge in [-0.05, 0) is 30.7 Å². The Labute approximate surface area is 121 Å². The summed E-state index contributed by atoms with van der Waals surface area (Å²) in [5, 5.41) is 21.2. The van der Waals surface area contributed by atoms with Gasteiger partial charge < -0.3 is 15.5 Å². The van der Waals surface area contributed by atoms with Crippen molar-refractivity contribution in [1.82, 2.24) is 4.98 Å². The third kappa shape index (κ3) is 3.79. The number of pyridine rings is 1. The molecule has 1 amide bonds. The number of hydrogen-bond acceptors (Lipinski definition) is 4. The van der Waals surface area contributed by atoms with Crippen LogP contribution in [-0.2, 0) is 11.2 Å². The van der Waals surface area contributed by atoms with E-state index in [0.29, 0.717) is 6.42 Å². The number of para-hydroxylation sites is 1. The molecule has 21 heavy (non-hydrogen) atoms. The molecule has 0 aliphatic heterocycles. The molecule has 0 saturated carbocycles. The van der Waals surface area contributed by atoms with Crippen LogP contribution in [0, 0.1) is 0 Å². The highest BCUT2D eigenvalue weighted by molar-refractivity contribution is 5.97. The van der Waals surface area contributed by atoms with Gasteiger partial charge in [0.2, 0.25) is 5.91 Å². The Kier molecular flexibility index (Phi) is 4.50. The van der Waals surface area contributed by atoms with Crippen molar-refractivity contribution >= 4 is 17.6 Å². The summed E-state index contributed by atoms with van der Waals surface area (Å²) in [5.41, 5.74) is 0.620. The molecule has 1 aromatic carbocycles. The lowest BCUT2D eigenvalue weighted by Crippen LogP contribution is -2.13. The highest BCUT2D eigenvalue weighted by atomic mass is 16.4. The van der Waals surface area contributed by atoms with Gasteiger partial charge in [-0.2, -0.15) is 0 Å². The Morgan fingerprint density at radius 3 is 2.62 bits per heavy atom. The number of aromatic carboxylic acids is 1. The van der Waals surface area contributed by atoms with E-state index < -0.39 is 11.7 Å². The highest BCUT2D eigenvalue weighted by Crippen LogP contribution is 2.27. The molecule has 0 bridgehead atoms. The number of amides is 1. The van der Waals surface area contributed by atoms with Crippen LogP contribution in [0.1, 0.15) is 22.5 Å². The monoisotopic (exact) mass is 286 g/mol. The van der Waals surface area contributed by atoms with Crippen LogP contribution in [0.5, 0.6) is 5.75 Å². The lowest BCUT2D eigenvalue weighted by molar-refractivity contribution is -0.116. The second-order valence-corrected chi connectivity index (χ2v) is 4.38. The SMILES string of the molecule is O=C(CCc1ccccn1)Nc1cccc(C(=O)O)c1O. The van der Waals surface area contributed by atoms with Crippen molar-refractivity contribution in [1.29, 1.82) is 0 Å². The molecule has 1 heterocycles. The van der Waals surface area contributed by atoms with E-state index in [0.717, 1.165) is 5.69 Å². The summed E-state index contributed by atoms with van der Waals surface area (Å²) in [5.74, 6) is -2.02. The number of phenols is 1. The first-order valence-electron chi connectivity index (χ1n) is 6.33. The van der Waals surface area contributed by atoms with Gasteiger partial charge in [0.1, 0.15) is 5.56 Å². The second kappa shape index (κ2) is 6.51. The molecular weight excluding hydrogens is 272 g/mol. The second-order valence-electron chi connectivity index (χ2n) is 4.38. The minimum Gasteiger partial charge on any atom is -0.505 e. The van der Waals surface area contributed by atoms with Crippen molar-refractivity contribution in [2.45, 2.75) is 12.8 Å². The molecule has 0 unspecified atom stereocenters. The first-order valence-corrected chi connectivity index (χ1v) is 6.33. The van der Waals surface area contributed by atoms with Gasteiger partial charge >= 0.3 is 5.97 Å². The summed E-state index contributed by atoms with van der Waals surface area (Å²) >= 11 is 0. The van der Waals surface area contributed by atoms with E-state index in [4.69, 9.17) is 5.11 Å². The van der Waals surface area contributed by atoms with Crippen LogP contribution in [-0.4, -0.2) is 27.1 Å². The number of anilines is 1. The molecule has 0 aliphatic carbocycles. The van der Waals surface area contributed by atoms with E-state index in [1.165, 1.54) is 18.2 Å². The molecule has 0 saturated heterocycles. The minimum absolute atomic E-state index is 0.0842. The Balaban J connectivity index is 2.00. The maximum absolute atomic E-state index is 11.8. The smallest absolute Gasteiger partial charge is 0.339 e. The molecule has 6 nitrogen and oxygen atoms in total. The predicted molar refractivity (Wildman–Crippen MR) is 76.3 cm³/mol. The summed E-state index contributed by atoms with van der Waals surface area (Å²) in [7, 11) is 0. The first-order chi connectivity index (χ1) is 10.1. The molecule has 6 heteroatoms. The molecule has 108 valence electrons. The predicted octanol–water partition coefficient (Wildman–Crippen LogP) is 2.06. The molecule has 0 aliphatic rings. The molecule has 2 rings (SSSR count). The molecule has 2 aromatic rings. The number of carboxylic acids is 1. The molecule has 0 radical (unpaired) electrons. The number of nitrogens with zero attached hydrogens (tertiary/aromatic N) is 1. The Bertz CT molecular complexity index is 656.